The summed E-state index contributed by atoms with van der Waals surface area (Å²) in [7, 11) is 0. The van der Waals surface area contributed by atoms with E-state index in [-0.39, 0.29) is 30.6 Å². The lowest BCUT2D eigenvalue weighted by atomic mass is 10.0. The second-order valence-corrected chi connectivity index (χ2v) is 8.33. The first-order valence-corrected chi connectivity index (χ1v) is 11.0. The standard InChI is InChI=1S/C25H21ClF2N4O3/c26-20-12-30-23-7-22(28)17(6-19(20)23)11-32-25(35)18-4-15(8-29-10-18)3-16-2-1-14(5-21(16)27)9-31-24(34)13-33/h1-2,4-8,10,12,30,33H,3,9,11,13H2,(H,31,34)(H,32,35). The van der Waals surface area contributed by atoms with Crippen molar-refractivity contribution in [3.8, 4) is 0 Å². The van der Waals surface area contributed by atoms with Gasteiger partial charge in [0.05, 0.1) is 10.6 Å². The fraction of sp³-hybridized carbons (Fsp3) is 0.160. The molecule has 4 rings (SSSR count). The van der Waals surface area contributed by atoms with Gasteiger partial charge in [-0.05, 0) is 41.0 Å². The molecular formula is C25H21ClF2N4O3. The van der Waals surface area contributed by atoms with E-state index in [4.69, 9.17) is 16.7 Å². The monoisotopic (exact) mass is 498 g/mol. The Kier molecular flexibility index (Phi) is 7.38. The average molecular weight is 499 g/mol. The largest absolute Gasteiger partial charge is 0.387 e. The fourth-order valence-electron chi connectivity index (χ4n) is 3.60. The number of aliphatic hydroxyl groups is 1. The lowest BCUT2D eigenvalue weighted by Gasteiger charge is -2.10. The van der Waals surface area contributed by atoms with E-state index in [1.807, 2.05) is 0 Å². The van der Waals surface area contributed by atoms with Crippen molar-refractivity contribution in [3.63, 3.8) is 0 Å². The molecule has 2 aromatic carbocycles. The van der Waals surface area contributed by atoms with Crippen molar-refractivity contribution in [1.82, 2.24) is 20.6 Å². The van der Waals surface area contributed by atoms with Crippen molar-refractivity contribution < 1.29 is 23.5 Å². The number of H-pyrrole nitrogens is 1. The molecule has 4 N–H and O–H groups in total. The molecule has 0 saturated heterocycles. The van der Waals surface area contributed by atoms with Crippen molar-refractivity contribution in [2.24, 2.45) is 0 Å². The van der Waals surface area contributed by atoms with Gasteiger partial charge in [0, 0.05) is 54.6 Å². The first-order valence-electron chi connectivity index (χ1n) is 10.7. The molecule has 0 atom stereocenters. The van der Waals surface area contributed by atoms with Gasteiger partial charge in [-0.2, -0.15) is 0 Å². The van der Waals surface area contributed by atoms with Crippen LogP contribution in [0.5, 0.6) is 0 Å². The third-order valence-electron chi connectivity index (χ3n) is 5.44. The van der Waals surface area contributed by atoms with Crippen LogP contribution in [0.2, 0.25) is 5.02 Å². The Morgan fingerprint density at radius 1 is 0.971 bits per heavy atom. The first-order chi connectivity index (χ1) is 16.8. The molecule has 180 valence electrons. The molecular weight excluding hydrogens is 478 g/mol. The van der Waals surface area contributed by atoms with Crippen LogP contribution in [-0.4, -0.2) is 33.5 Å². The molecule has 0 spiro atoms. The molecule has 0 saturated carbocycles. The Morgan fingerprint density at radius 3 is 2.54 bits per heavy atom. The summed E-state index contributed by atoms with van der Waals surface area (Å²) in [5.41, 5.74) is 2.66. The number of pyridine rings is 1. The second kappa shape index (κ2) is 10.6. The Morgan fingerprint density at radius 2 is 1.77 bits per heavy atom. The van der Waals surface area contributed by atoms with E-state index in [1.165, 1.54) is 24.5 Å². The Labute approximate surface area is 204 Å². The molecule has 2 aromatic heterocycles. The first kappa shape index (κ1) is 24.3. The highest BCUT2D eigenvalue weighted by molar-refractivity contribution is 6.35. The van der Waals surface area contributed by atoms with Crippen LogP contribution in [0.4, 0.5) is 8.78 Å². The number of benzene rings is 2. The number of amides is 2. The number of fused-ring (bicyclic) bond motifs is 1. The molecule has 10 heteroatoms. The number of aromatic nitrogens is 2. The number of carbonyl (C=O) groups is 2. The van der Waals surface area contributed by atoms with Crippen molar-refractivity contribution in [3.05, 3.63) is 99.5 Å². The zero-order valence-electron chi connectivity index (χ0n) is 18.4. The fourth-order valence-corrected chi connectivity index (χ4v) is 3.81. The zero-order valence-corrected chi connectivity index (χ0v) is 19.1. The van der Waals surface area contributed by atoms with Crippen LogP contribution in [0.3, 0.4) is 0 Å². The zero-order chi connectivity index (χ0) is 24.9. The quantitative estimate of drug-likeness (QED) is 0.297. The van der Waals surface area contributed by atoms with Gasteiger partial charge < -0.3 is 20.7 Å². The van der Waals surface area contributed by atoms with Crippen LogP contribution >= 0.6 is 11.6 Å². The Balaban J connectivity index is 1.41. The normalized spacial score (nSPS) is 11.0. The van der Waals surface area contributed by atoms with Crippen molar-refractivity contribution >= 4 is 34.3 Å². The highest BCUT2D eigenvalue weighted by atomic mass is 35.5. The predicted octanol–water partition coefficient (Wildman–Crippen LogP) is 3.62. The van der Waals surface area contributed by atoms with Gasteiger partial charge in [0.1, 0.15) is 18.2 Å². The van der Waals surface area contributed by atoms with Crippen molar-refractivity contribution in [2.45, 2.75) is 19.5 Å². The van der Waals surface area contributed by atoms with Crippen molar-refractivity contribution in [1.29, 1.82) is 0 Å². The third-order valence-corrected chi connectivity index (χ3v) is 5.75. The van der Waals surface area contributed by atoms with Crippen molar-refractivity contribution in [2.75, 3.05) is 6.61 Å². The minimum atomic E-state index is -0.636. The summed E-state index contributed by atoms with van der Waals surface area (Å²) in [6.45, 7) is -0.588. The minimum Gasteiger partial charge on any atom is -0.387 e. The van der Waals surface area contributed by atoms with E-state index >= 15 is 0 Å². The lowest BCUT2D eigenvalue weighted by Crippen LogP contribution is -2.25. The molecule has 0 aliphatic rings. The SMILES string of the molecule is O=C(CO)NCc1ccc(Cc2cncc(C(=O)NCc3cc4c(Cl)c[nH]c4cc3F)c2)c(F)c1. The van der Waals surface area contributed by atoms with Gasteiger partial charge in [0.25, 0.3) is 5.91 Å². The van der Waals surface area contributed by atoms with E-state index < -0.39 is 30.1 Å². The van der Waals surface area contributed by atoms with Gasteiger partial charge in [-0.3, -0.25) is 14.6 Å². The molecule has 0 aliphatic carbocycles. The molecule has 0 unspecified atom stereocenters. The number of hydrogen-bond acceptors (Lipinski definition) is 4. The maximum Gasteiger partial charge on any atom is 0.253 e. The third kappa shape index (κ3) is 5.82. The topological polar surface area (TPSA) is 107 Å². The van der Waals surface area contributed by atoms with Gasteiger partial charge in [0.15, 0.2) is 0 Å². The van der Waals surface area contributed by atoms with Gasteiger partial charge in [-0.25, -0.2) is 8.78 Å². The van der Waals surface area contributed by atoms with E-state index in [0.717, 1.165) is 0 Å². The maximum absolute atomic E-state index is 14.6. The molecule has 0 radical (unpaired) electrons. The molecule has 2 heterocycles. The number of halogens is 3. The maximum atomic E-state index is 14.6. The number of aromatic amines is 1. The number of nitrogens with zero attached hydrogens (tertiary/aromatic N) is 1. The molecule has 4 aromatic rings. The summed E-state index contributed by atoms with van der Waals surface area (Å²) in [6, 6.07) is 9.07. The van der Waals surface area contributed by atoms with Gasteiger partial charge in [-0.15, -0.1) is 0 Å². The summed E-state index contributed by atoms with van der Waals surface area (Å²) in [5.74, 6) is -1.94. The molecule has 35 heavy (non-hydrogen) atoms. The van der Waals surface area contributed by atoms with E-state index in [0.29, 0.717) is 32.6 Å². The highest BCUT2D eigenvalue weighted by Gasteiger charge is 2.13. The van der Waals surface area contributed by atoms with Crippen LogP contribution in [-0.2, 0) is 24.3 Å². The summed E-state index contributed by atoms with van der Waals surface area (Å²) >= 11 is 6.09. The van der Waals surface area contributed by atoms with Gasteiger partial charge in [-0.1, -0.05) is 23.7 Å². The van der Waals surface area contributed by atoms with E-state index in [9.17, 15) is 18.4 Å². The molecule has 0 fully saturated rings. The van der Waals surface area contributed by atoms with Crippen LogP contribution in [0.15, 0.2) is 55.0 Å². The molecule has 0 bridgehead atoms. The number of nitrogens with one attached hydrogen (secondary N) is 3. The number of carbonyl (C=O) groups excluding carboxylic acids is 2. The van der Waals surface area contributed by atoms with Gasteiger partial charge >= 0.3 is 0 Å². The summed E-state index contributed by atoms with van der Waals surface area (Å²) in [6.07, 6.45) is 4.68. The summed E-state index contributed by atoms with van der Waals surface area (Å²) in [4.78, 5) is 30.7. The number of aliphatic hydroxyl groups excluding tert-OH is 1. The lowest BCUT2D eigenvalue weighted by molar-refractivity contribution is -0.123. The molecule has 0 aliphatic heterocycles. The molecule has 2 amide bonds. The van der Waals surface area contributed by atoms with E-state index in [1.54, 1.807) is 30.5 Å². The number of hydrogen-bond donors (Lipinski definition) is 4. The van der Waals surface area contributed by atoms with Crippen LogP contribution in [0.25, 0.3) is 10.9 Å². The Bertz CT molecular complexity index is 1410. The average Bonchev–Trinajstić information content (AvgIpc) is 3.21. The highest BCUT2D eigenvalue weighted by Crippen LogP contribution is 2.26. The van der Waals surface area contributed by atoms with Crippen LogP contribution in [0.1, 0.15) is 32.6 Å². The second-order valence-electron chi connectivity index (χ2n) is 7.93. The van der Waals surface area contributed by atoms with Crippen LogP contribution in [0, 0.1) is 11.6 Å². The number of rotatable bonds is 8. The smallest absolute Gasteiger partial charge is 0.253 e. The molecule has 7 nitrogen and oxygen atoms in total. The van der Waals surface area contributed by atoms with Gasteiger partial charge in [0.2, 0.25) is 5.91 Å². The predicted molar refractivity (Wildman–Crippen MR) is 127 cm³/mol. The summed E-state index contributed by atoms with van der Waals surface area (Å²) in [5, 5.41) is 15.0. The minimum absolute atomic E-state index is 0.0464. The summed E-state index contributed by atoms with van der Waals surface area (Å²) < 4.78 is 28.9. The van der Waals surface area contributed by atoms with E-state index in [2.05, 4.69) is 20.6 Å². The Hall–Kier alpha value is -3.82. The van der Waals surface area contributed by atoms with Crippen LogP contribution < -0.4 is 10.6 Å².